The third kappa shape index (κ3) is 3.52. The van der Waals surface area contributed by atoms with Crippen LogP contribution in [-0.4, -0.2) is 59.7 Å². The monoisotopic (exact) mass is 292 g/mol. The van der Waals surface area contributed by atoms with Crippen LogP contribution in [0.25, 0.3) is 0 Å². The summed E-state index contributed by atoms with van der Waals surface area (Å²) in [4.78, 5) is 25.7. The summed E-state index contributed by atoms with van der Waals surface area (Å²) < 4.78 is 5.55. The first-order valence-electron chi connectivity index (χ1n) is 6.82. The van der Waals surface area contributed by atoms with Crippen LogP contribution in [0.2, 0.25) is 0 Å². The number of nitrogens with zero attached hydrogens (tertiary/aromatic N) is 2. The van der Waals surface area contributed by atoms with Crippen molar-refractivity contribution in [1.29, 1.82) is 0 Å². The zero-order valence-corrected chi connectivity index (χ0v) is 12.5. The first-order chi connectivity index (χ1) is 9.88. The molecule has 0 aromatic heterocycles. The van der Waals surface area contributed by atoms with Crippen LogP contribution in [0.4, 0.5) is 4.79 Å². The molecule has 6 nitrogen and oxygen atoms in total. The summed E-state index contributed by atoms with van der Waals surface area (Å²) in [6.07, 6.45) is -0.912. The highest BCUT2D eigenvalue weighted by Gasteiger charge is 2.34. The van der Waals surface area contributed by atoms with E-state index in [0.29, 0.717) is 5.75 Å². The molecule has 21 heavy (non-hydrogen) atoms. The normalized spacial score (nSPS) is 16.6. The van der Waals surface area contributed by atoms with E-state index in [1.807, 2.05) is 32.0 Å². The lowest BCUT2D eigenvalue weighted by molar-refractivity contribution is -0.126. The molecule has 0 bridgehead atoms. The van der Waals surface area contributed by atoms with Gasteiger partial charge in [-0.1, -0.05) is 17.7 Å². The molecule has 1 aliphatic heterocycles. The lowest BCUT2D eigenvalue weighted by Crippen LogP contribution is -2.40. The van der Waals surface area contributed by atoms with Gasteiger partial charge in [0.1, 0.15) is 25.0 Å². The van der Waals surface area contributed by atoms with Crippen LogP contribution in [0.3, 0.4) is 0 Å². The van der Waals surface area contributed by atoms with E-state index in [0.717, 1.165) is 16.0 Å². The number of aryl methyl sites for hydroxylation is 2. The summed E-state index contributed by atoms with van der Waals surface area (Å²) in [6, 6.07) is 5.38. The topological polar surface area (TPSA) is 70.1 Å². The Morgan fingerprint density at radius 2 is 2.05 bits per heavy atom. The Hall–Kier alpha value is -2.08. The summed E-state index contributed by atoms with van der Waals surface area (Å²) in [5.41, 5.74) is 2.12. The SMILES string of the molecule is Cc1ccc(OC[C@H](O)CN2C(=O)CN(C)C2=O)c(C)c1. The van der Waals surface area contributed by atoms with E-state index in [1.165, 1.54) is 4.90 Å². The summed E-state index contributed by atoms with van der Waals surface area (Å²) in [5, 5.41) is 9.95. The fraction of sp³-hybridized carbons (Fsp3) is 0.467. The fourth-order valence-electron chi connectivity index (χ4n) is 2.26. The minimum atomic E-state index is -0.912. The molecular formula is C15H20N2O4. The van der Waals surface area contributed by atoms with Gasteiger partial charge in [-0.15, -0.1) is 0 Å². The molecule has 1 atom stereocenters. The number of carbonyl (C=O) groups excluding carboxylic acids is 2. The van der Waals surface area contributed by atoms with Gasteiger partial charge < -0.3 is 14.7 Å². The summed E-state index contributed by atoms with van der Waals surface area (Å²) >= 11 is 0. The second-order valence-electron chi connectivity index (χ2n) is 5.38. The molecule has 114 valence electrons. The van der Waals surface area contributed by atoms with Crippen molar-refractivity contribution in [1.82, 2.24) is 9.80 Å². The Morgan fingerprint density at radius 1 is 1.33 bits per heavy atom. The van der Waals surface area contributed by atoms with Crippen LogP contribution in [-0.2, 0) is 4.79 Å². The molecule has 0 radical (unpaired) electrons. The van der Waals surface area contributed by atoms with Gasteiger partial charge in [-0.05, 0) is 25.5 Å². The number of amides is 3. The molecule has 0 spiro atoms. The second-order valence-corrected chi connectivity index (χ2v) is 5.38. The molecule has 2 rings (SSSR count). The van der Waals surface area contributed by atoms with Crippen LogP contribution in [0, 0.1) is 13.8 Å². The largest absolute Gasteiger partial charge is 0.491 e. The Morgan fingerprint density at radius 3 is 2.62 bits per heavy atom. The predicted molar refractivity (Wildman–Crippen MR) is 77.2 cm³/mol. The van der Waals surface area contributed by atoms with Gasteiger partial charge in [0.05, 0.1) is 6.54 Å². The fourth-order valence-corrected chi connectivity index (χ4v) is 2.26. The highest BCUT2D eigenvalue weighted by Crippen LogP contribution is 2.19. The number of carbonyl (C=O) groups is 2. The molecule has 1 fully saturated rings. The average molecular weight is 292 g/mol. The van der Waals surface area contributed by atoms with Gasteiger partial charge in [-0.3, -0.25) is 9.69 Å². The van der Waals surface area contributed by atoms with Crippen molar-refractivity contribution in [2.45, 2.75) is 20.0 Å². The van der Waals surface area contributed by atoms with Crippen molar-refractivity contribution in [3.05, 3.63) is 29.3 Å². The Kier molecular flexibility index (Phi) is 4.47. The van der Waals surface area contributed by atoms with Crippen molar-refractivity contribution < 1.29 is 19.4 Å². The molecule has 1 saturated heterocycles. The average Bonchev–Trinajstić information content (AvgIpc) is 2.64. The zero-order valence-electron chi connectivity index (χ0n) is 12.5. The van der Waals surface area contributed by atoms with E-state index in [-0.39, 0.29) is 31.6 Å². The van der Waals surface area contributed by atoms with E-state index in [4.69, 9.17) is 4.74 Å². The first-order valence-corrected chi connectivity index (χ1v) is 6.82. The molecule has 6 heteroatoms. The molecule has 0 unspecified atom stereocenters. The van der Waals surface area contributed by atoms with Crippen molar-refractivity contribution >= 4 is 11.9 Å². The van der Waals surface area contributed by atoms with Gasteiger partial charge in [-0.2, -0.15) is 0 Å². The molecule has 1 aromatic rings. The molecule has 1 N–H and O–H groups in total. The standard InChI is InChI=1S/C15H20N2O4/c1-10-4-5-13(11(2)6-10)21-9-12(18)7-17-14(19)8-16(3)15(17)20/h4-6,12,18H,7-9H2,1-3H3/t12-/m1/s1. The number of benzene rings is 1. The van der Waals surface area contributed by atoms with Crippen LogP contribution in [0.5, 0.6) is 5.75 Å². The summed E-state index contributed by atoms with van der Waals surface area (Å²) in [5.74, 6) is 0.393. The third-order valence-electron chi connectivity index (χ3n) is 3.39. The number of β-amino-alcohol motifs (C(OH)–C–C–N with tert-alkyl or cyclic N) is 1. The lowest BCUT2D eigenvalue weighted by Gasteiger charge is -2.19. The van der Waals surface area contributed by atoms with Crippen LogP contribution >= 0.6 is 0 Å². The Bertz CT molecular complexity index is 559. The minimum absolute atomic E-state index is 0.0324. The number of urea groups is 1. The maximum absolute atomic E-state index is 11.7. The number of rotatable bonds is 5. The van der Waals surface area contributed by atoms with Crippen LogP contribution < -0.4 is 4.74 Å². The molecule has 1 aliphatic rings. The van der Waals surface area contributed by atoms with E-state index in [2.05, 4.69) is 0 Å². The first kappa shape index (κ1) is 15.3. The lowest BCUT2D eigenvalue weighted by atomic mass is 10.1. The maximum atomic E-state index is 11.7. The molecule has 3 amide bonds. The molecule has 0 saturated carbocycles. The van der Waals surface area contributed by atoms with E-state index in [9.17, 15) is 14.7 Å². The number of hydrogen-bond donors (Lipinski definition) is 1. The third-order valence-corrected chi connectivity index (χ3v) is 3.39. The summed E-state index contributed by atoms with van der Waals surface area (Å²) in [7, 11) is 1.55. The number of imide groups is 1. The van der Waals surface area contributed by atoms with Gasteiger partial charge in [-0.25, -0.2) is 4.79 Å². The number of aliphatic hydroxyl groups is 1. The van der Waals surface area contributed by atoms with Crippen LogP contribution in [0.1, 0.15) is 11.1 Å². The van der Waals surface area contributed by atoms with Gasteiger partial charge >= 0.3 is 6.03 Å². The van der Waals surface area contributed by atoms with E-state index in [1.54, 1.807) is 7.05 Å². The Labute approximate surface area is 123 Å². The van der Waals surface area contributed by atoms with Crippen molar-refractivity contribution in [2.75, 3.05) is 26.7 Å². The molecule has 1 heterocycles. The Balaban J connectivity index is 1.89. The quantitative estimate of drug-likeness (QED) is 0.820. The van der Waals surface area contributed by atoms with Crippen molar-refractivity contribution in [3.63, 3.8) is 0 Å². The smallest absolute Gasteiger partial charge is 0.327 e. The minimum Gasteiger partial charge on any atom is -0.491 e. The second kappa shape index (κ2) is 6.13. The molecular weight excluding hydrogens is 272 g/mol. The van der Waals surface area contributed by atoms with Gasteiger partial charge in [0.2, 0.25) is 5.91 Å². The van der Waals surface area contributed by atoms with E-state index < -0.39 is 6.10 Å². The van der Waals surface area contributed by atoms with Gasteiger partial charge in [0.15, 0.2) is 0 Å². The maximum Gasteiger partial charge on any atom is 0.327 e. The molecule has 1 aromatic carbocycles. The molecule has 0 aliphatic carbocycles. The number of likely N-dealkylation sites (N-methyl/N-ethyl adjacent to an activating group) is 1. The summed E-state index contributed by atoms with van der Waals surface area (Å²) in [6.45, 7) is 3.96. The highest BCUT2D eigenvalue weighted by atomic mass is 16.5. The number of ether oxygens (including phenoxy) is 1. The van der Waals surface area contributed by atoms with Crippen molar-refractivity contribution in [3.8, 4) is 5.75 Å². The van der Waals surface area contributed by atoms with Crippen molar-refractivity contribution in [2.24, 2.45) is 0 Å². The van der Waals surface area contributed by atoms with E-state index >= 15 is 0 Å². The number of aliphatic hydroxyl groups excluding tert-OH is 1. The zero-order chi connectivity index (χ0) is 15.6. The predicted octanol–water partition coefficient (Wildman–Crippen LogP) is 0.937. The van der Waals surface area contributed by atoms with Crippen LogP contribution in [0.15, 0.2) is 18.2 Å². The van der Waals surface area contributed by atoms with Gasteiger partial charge in [0, 0.05) is 7.05 Å². The number of hydrogen-bond acceptors (Lipinski definition) is 4. The highest BCUT2D eigenvalue weighted by molar-refractivity contribution is 6.01. The van der Waals surface area contributed by atoms with Gasteiger partial charge in [0.25, 0.3) is 0 Å².